The molecule has 3 nitrogen and oxygen atoms in total. The van der Waals surface area contributed by atoms with Crippen LogP contribution in [0, 0.1) is 5.92 Å². The van der Waals surface area contributed by atoms with Gasteiger partial charge >= 0.3 is 0 Å². The largest absolute Gasteiger partial charge is 0.278 e. The van der Waals surface area contributed by atoms with Gasteiger partial charge in [-0.1, -0.05) is 45.1 Å². The lowest BCUT2D eigenvalue weighted by molar-refractivity contribution is -0.139. The zero-order valence-electron chi connectivity index (χ0n) is 15.8. The molecule has 1 unspecified atom stereocenters. The Bertz CT molecular complexity index is 573. The van der Waals surface area contributed by atoms with Gasteiger partial charge < -0.3 is 0 Å². The second kappa shape index (κ2) is 8.82. The molecule has 0 N–H and O–H groups in total. The molecule has 0 saturated carbocycles. The molecule has 2 amide bonds. The summed E-state index contributed by atoms with van der Waals surface area (Å²) in [5, 5.41) is 0. The minimum absolute atomic E-state index is 0.0322. The summed E-state index contributed by atoms with van der Waals surface area (Å²) in [6, 6.07) is 0. The minimum Gasteiger partial charge on any atom is -0.278 e. The second-order valence-corrected chi connectivity index (χ2v) is 7.87. The van der Waals surface area contributed by atoms with Crippen molar-refractivity contribution in [3.63, 3.8) is 0 Å². The Kier molecular flexibility index (Phi) is 6.50. The Morgan fingerprint density at radius 1 is 1.00 bits per heavy atom. The molecule has 1 aliphatic heterocycles. The van der Waals surface area contributed by atoms with Crippen LogP contribution < -0.4 is 0 Å². The molecule has 3 heteroatoms. The summed E-state index contributed by atoms with van der Waals surface area (Å²) in [6.45, 7) is 2.84. The summed E-state index contributed by atoms with van der Waals surface area (Å²) in [6.07, 6.45) is 17.0. The van der Waals surface area contributed by atoms with Crippen molar-refractivity contribution >= 4 is 11.8 Å². The van der Waals surface area contributed by atoms with E-state index < -0.39 is 0 Å². The molecule has 25 heavy (non-hydrogen) atoms. The van der Waals surface area contributed by atoms with Gasteiger partial charge in [0.25, 0.3) is 5.91 Å². The maximum atomic E-state index is 13.0. The molecule has 0 radical (unpaired) electrons. The lowest BCUT2D eigenvalue weighted by atomic mass is 9.79. The number of hydrogen-bond donors (Lipinski definition) is 0. The molecule has 138 valence electrons. The number of fused-ring (bicyclic) bond motifs is 1. The van der Waals surface area contributed by atoms with E-state index in [4.69, 9.17) is 0 Å². The number of carbonyl (C=O) groups excluding carboxylic acids is 2. The molecule has 1 heterocycles. The van der Waals surface area contributed by atoms with Gasteiger partial charge in [-0.05, 0) is 62.5 Å². The van der Waals surface area contributed by atoms with Crippen molar-refractivity contribution in [2.75, 3.05) is 6.54 Å². The number of likely N-dealkylation sites (tertiary alicyclic amines) is 1. The van der Waals surface area contributed by atoms with Gasteiger partial charge in [0.15, 0.2) is 0 Å². The van der Waals surface area contributed by atoms with Crippen LogP contribution >= 0.6 is 0 Å². The molecule has 2 aliphatic carbocycles. The molecule has 0 aromatic carbocycles. The molecule has 0 aromatic heterocycles. The van der Waals surface area contributed by atoms with Gasteiger partial charge in [-0.25, -0.2) is 0 Å². The van der Waals surface area contributed by atoms with Gasteiger partial charge in [0.05, 0.1) is 5.92 Å². The standard InChI is InChI=1S/C22H33NO2/c1-2-3-4-5-6-10-16-23-21(24)19-15-11-14-18(20(19)22(23)25)17-12-8-7-9-13-17/h12,19H,2-11,13-16H2,1H3. The van der Waals surface area contributed by atoms with Gasteiger partial charge in [-0.15, -0.1) is 0 Å². The first-order valence-corrected chi connectivity index (χ1v) is 10.5. The predicted molar refractivity (Wildman–Crippen MR) is 101 cm³/mol. The summed E-state index contributed by atoms with van der Waals surface area (Å²) in [5.41, 5.74) is 3.48. The maximum Gasteiger partial charge on any atom is 0.257 e. The Morgan fingerprint density at radius 3 is 2.56 bits per heavy atom. The number of hydrogen-bond acceptors (Lipinski definition) is 2. The average Bonchev–Trinajstić information content (AvgIpc) is 2.90. The van der Waals surface area contributed by atoms with Crippen molar-refractivity contribution < 1.29 is 9.59 Å². The zero-order chi connectivity index (χ0) is 17.6. The van der Waals surface area contributed by atoms with E-state index in [2.05, 4.69) is 13.0 Å². The van der Waals surface area contributed by atoms with Crippen LogP contribution in [0.25, 0.3) is 0 Å². The average molecular weight is 344 g/mol. The van der Waals surface area contributed by atoms with E-state index in [1.807, 2.05) is 0 Å². The second-order valence-electron chi connectivity index (χ2n) is 7.87. The predicted octanol–water partition coefficient (Wildman–Crippen LogP) is 5.31. The highest BCUT2D eigenvalue weighted by Gasteiger charge is 2.45. The number of carbonyl (C=O) groups is 2. The Labute approximate surface area is 152 Å². The van der Waals surface area contributed by atoms with Crippen molar-refractivity contribution in [2.24, 2.45) is 5.92 Å². The van der Waals surface area contributed by atoms with Crippen molar-refractivity contribution in [1.29, 1.82) is 0 Å². The molecule has 0 bridgehead atoms. The summed E-state index contributed by atoms with van der Waals surface area (Å²) < 4.78 is 0. The Hall–Kier alpha value is -1.38. The maximum absolute atomic E-state index is 13.0. The summed E-state index contributed by atoms with van der Waals surface area (Å²) in [5.74, 6) is -0.0222. The molecule has 1 fully saturated rings. The Balaban J connectivity index is 1.67. The van der Waals surface area contributed by atoms with Crippen LogP contribution in [-0.4, -0.2) is 23.3 Å². The highest BCUT2D eigenvalue weighted by atomic mass is 16.2. The number of amides is 2. The SMILES string of the molecule is CCCCCCCCN1C(=O)C2=C(C3=CCCCC3)CCCC2C1=O. The lowest BCUT2D eigenvalue weighted by Gasteiger charge is -2.24. The lowest BCUT2D eigenvalue weighted by Crippen LogP contribution is -2.31. The molecular formula is C22H33NO2. The van der Waals surface area contributed by atoms with E-state index in [0.717, 1.165) is 50.5 Å². The van der Waals surface area contributed by atoms with Gasteiger partial charge in [0.2, 0.25) is 5.91 Å². The molecule has 1 saturated heterocycles. The van der Waals surface area contributed by atoms with Gasteiger partial charge in [-0.3, -0.25) is 14.5 Å². The van der Waals surface area contributed by atoms with Crippen LogP contribution in [0.15, 0.2) is 22.8 Å². The third-order valence-electron chi connectivity index (χ3n) is 6.05. The fourth-order valence-corrected chi connectivity index (χ4v) is 4.64. The zero-order valence-corrected chi connectivity index (χ0v) is 15.8. The topological polar surface area (TPSA) is 37.4 Å². The molecule has 1 atom stereocenters. The van der Waals surface area contributed by atoms with E-state index in [1.54, 1.807) is 4.90 Å². The van der Waals surface area contributed by atoms with Crippen LogP contribution in [0.1, 0.15) is 90.4 Å². The third kappa shape index (κ3) is 4.07. The number of imide groups is 1. The molecular weight excluding hydrogens is 310 g/mol. The fraction of sp³-hybridized carbons (Fsp3) is 0.727. The summed E-state index contributed by atoms with van der Waals surface area (Å²) in [4.78, 5) is 27.4. The normalized spacial score (nSPS) is 24.0. The number of rotatable bonds is 8. The summed E-state index contributed by atoms with van der Waals surface area (Å²) >= 11 is 0. The quantitative estimate of drug-likeness (QED) is 0.442. The van der Waals surface area contributed by atoms with Crippen molar-refractivity contribution in [2.45, 2.75) is 90.4 Å². The van der Waals surface area contributed by atoms with Crippen LogP contribution in [0.4, 0.5) is 0 Å². The monoisotopic (exact) mass is 343 g/mol. The molecule has 3 aliphatic rings. The fourth-order valence-electron chi connectivity index (χ4n) is 4.64. The number of nitrogens with zero attached hydrogens (tertiary/aromatic N) is 1. The van der Waals surface area contributed by atoms with E-state index in [1.165, 1.54) is 49.7 Å². The van der Waals surface area contributed by atoms with Crippen molar-refractivity contribution in [3.05, 3.63) is 22.8 Å². The third-order valence-corrected chi connectivity index (χ3v) is 6.05. The first-order valence-electron chi connectivity index (χ1n) is 10.5. The Morgan fingerprint density at radius 2 is 1.80 bits per heavy atom. The van der Waals surface area contributed by atoms with Crippen LogP contribution in [0.2, 0.25) is 0 Å². The first-order chi connectivity index (χ1) is 12.2. The van der Waals surface area contributed by atoms with E-state index >= 15 is 0 Å². The highest BCUT2D eigenvalue weighted by molar-refractivity contribution is 6.15. The number of allylic oxidation sites excluding steroid dienone is 3. The van der Waals surface area contributed by atoms with Crippen LogP contribution in [0.3, 0.4) is 0 Å². The molecule has 0 aromatic rings. The van der Waals surface area contributed by atoms with Crippen LogP contribution in [-0.2, 0) is 9.59 Å². The molecule has 3 rings (SSSR count). The minimum atomic E-state index is -0.140. The van der Waals surface area contributed by atoms with Crippen LogP contribution in [0.5, 0.6) is 0 Å². The van der Waals surface area contributed by atoms with E-state index in [-0.39, 0.29) is 17.7 Å². The highest BCUT2D eigenvalue weighted by Crippen LogP contribution is 2.42. The number of unbranched alkanes of at least 4 members (excludes halogenated alkanes) is 5. The first kappa shape index (κ1) is 18.4. The van der Waals surface area contributed by atoms with E-state index in [0.29, 0.717) is 6.54 Å². The smallest absolute Gasteiger partial charge is 0.257 e. The van der Waals surface area contributed by atoms with Crippen molar-refractivity contribution in [3.8, 4) is 0 Å². The van der Waals surface area contributed by atoms with E-state index in [9.17, 15) is 9.59 Å². The van der Waals surface area contributed by atoms with Gasteiger partial charge in [0.1, 0.15) is 0 Å². The summed E-state index contributed by atoms with van der Waals surface area (Å²) in [7, 11) is 0. The van der Waals surface area contributed by atoms with Gasteiger partial charge in [0, 0.05) is 12.1 Å². The van der Waals surface area contributed by atoms with Crippen molar-refractivity contribution in [1.82, 2.24) is 4.90 Å². The molecule has 0 spiro atoms. The van der Waals surface area contributed by atoms with Gasteiger partial charge in [-0.2, -0.15) is 0 Å².